The third kappa shape index (κ3) is 1.59. The number of anilines is 1. The number of aromatic nitrogens is 4. The summed E-state index contributed by atoms with van der Waals surface area (Å²) in [6, 6.07) is 8.68. The molecule has 3 aromatic rings. The number of fused-ring (bicyclic) bond motifs is 5. The Balaban J connectivity index is 1.88. The van der Waals surface area contributed by atoms with Crippen molar-refractivity contribution in [3.05, 3.63) is 36.0 Å². The Bertz CT molecular complexity index is 803. The normalized spacial score (nSPS) is 12.8. The van der Waals surface area contributed by atoms with Crippen molar-refractivity contribution in [3.63, 3.8) is 0 Å². The molecule has 0 saturated heterocycles. The lowest BCUT2D eigenvalue weighted by atomic mass is 10.1. The monoisotopic (exact) mass is 265 g/mol. The van der Waals surface area contributed by atoms with Gasteiger partial charge in [0.05, 0.1) is 12.7 Å². The molecular formula is C15H15N5. The Morgan fingerprint density at radius 3 is 2.90 bits per heavy atom. The second kappa shape index (κ2) is 4.03. The molecule has 20 heavy (non-hydrogen) atoms. The van der Waals surface area contributed by atoms with E-state index < -0.39 is 0 Å². The lowest BCUT2D eigenvalue weighted by Crippen LogP contribution is -2.12. The first-order valence-corrected chi connectivity index (χ1v) is 6.80. The molecule has 1 N–H and O–H groups in total. The van der Waals surface area contributed by atoms with Gasteiger partial charge in [-0.1, -0.05) is 24.3 Å². The fraction of sp³-hybridized carbons (Fsp3) is 0.267. The van der Waals surface area contributed by atoms with Gasteiger partial charge in [0.25, 0.3) is 0 Å². The van der Waals surface area contributed by atoms with Gasteiger partial charge in [-0.2, -0.15) is 4.98 Å². The molecule has 5 heteroatoms. The highest BCUT2D eigenvalue weighted by Gasteiger charge is 2.23. The SMILES string of the molecule is CC(C)Nc1ncc2nc3n(c2n1)Cc1ccccc1-3. The Labute approximate surface area is 116 Å². The van der Waals surface area contributed by atoms with Crippen molar-refractivity contribution in [2.75, 3.05) is 5.32 Å². The molecule has 5 nitrogen and oxygen atoms in total. The molecule has 1 aliphatic heterocycles. The van der Waals surface area contributed by atoms with Gasteiger partial charge >= 0.3 is 0 Å². The van der Waals surface area contributed by atoms with Crippen LogP contribution in [0.5, 0.6) is 0 Å². The average Bonchev–Trinajstić information content (AvgIpc) is 2.94. The fourth-order valence-corrected chi connectivity index (χ4v) is 2.65. The molecule has 0 amide bonds. The highest BCUT2D eigenvalue weighted by molar-refractivity contribution is 5.80. The Morgan fingerprint density at radius 2 is 2.05 bits per heavy atom. The van der Waals surface area contributed by atoms with E-state index in [1.54, 1.807) is 6.20 Å². The van der Waals surface area contributed by atoms with Gasteiger partial charge in [-0.3, -0.25) is 0 Å². The molecule has 0 aliphatic carbocycles. The first-order valence-electron chi connectivity index (χ1n) is 6.80. The van der Waals surface area contributed by atoms with Crippen LogP contribution in [0.3, 0.4) is 0 Å². The number of hydrogen-bond donors (Lipinski definition) is 1. The van der Waals surface area contributed by atoms with Crippen LogP contribution >= 0.6 is 0 Å². The highest BCUT2D eigenvalue weighted by Crippen LogP contribution is 2.33. The summed E-state index contributed by atoms with van der Waals surface area (Å²) < 4.78 is 2.16. The summed E-state index contributed by atoms with van der Waals surface area (Å²) in [7, 11) is 0. The van der Waals surface area contributed by atoms with Gasteiger partial charge in [0.15, 0.2) is 5.65 Å². The summed E-state index contributed by atoms with van der Waals surface area (Å²) in [6.07, 6.45) is 1.79. The van der Waals surface area contributed by atoms with Crippen molar-refractivity contribution in [2.45, 2.75) is 26.4 Å². The van der Waals surface area contributed by atoms with E-state index in [2.05, 4.69) is 56.9 Å². The van der Waals surface area contributed by atoms with Crippen molar-refractivity contribution in [1.82, 2.24) is 19.5 Å². The molecule has 0 unspecified atom stereocenters. The number of nitrogens with zero attached hydrogens (tertiary/aromatic N) is 4. The zero-order chi connectivity index (χ0) is 13.7. The fourth-order valence-electron chi connectivity index (χ4n) is 2.65. The molecule has 0 fully saturated rings. The zero-order valence-electron chi connectivity index (χ0n) is 11.5. The van der Waals surface area contributed by atoms with E-state index >= 15 is 0 Å². The quantitative estimate of drug-likeness (QED) is 0.605. The maximum atomic E-state index is 4.67. The van der Waals surface area contributed by atoms with E-state index in [1.807, 2.05) is 6.07 Å². The molecule has 2 aromatic heterocycles. The minimum absolute atomic E-state index is 0.311. The topological polar surface area (TPSA) is 55.6 Å². The van der Waals surface area contributed by atoms with Gasteiger partial charge in [0.1, 0.15) is 11.3 Å². The minimum Gasteiger partial charge on any atom is -0.352 e. The molecule has 0 spiro atoms. The second-order valence-corrected chi connectivity index (χ2v) is 5.38. The molecule has 0 bridgehead atoms. The summed E-state index contributed by atoms with van der Waals surface area (Å²) >= 11 is 0. The summed E-state index contributed by atoms with van der Waals surface area (Å²) in [5.74, 6) is 1.65. The largest absolute Gasteiger partial charge is 0.352 e. The number of imidazole rings is 1. The highest BCUT2D eigenvalue weighted by atomic mass is 15.2. The summed E-state index contributed by atoms with van der Waals surface area (Å²) in [5.41, 5.74) is 4.25. The van der Waals surface area contributed by atoms with Crippen molar-refractivity contribution >= 4 is 17.1 Å². The maximum Gasteiger partial charge on any atom is 0.224 e. The third-order valence-corrected chi connectivity index (χ3v) is 3.49. The average molecular weight is 265 g/mol. The molecule has 1 aromatic carbocycles. The summed E-state index contributed by atoms with van der Waals surface area (Å²) in [4.78, 5) is 13.6. The van der Waals surface area contributed by atoms with E-state index in [0.29, 0.717) is 12.0 Å². The van der Waals surface area contributed by atoms with Crippen LogP contribution in [-0.4, -0.2) is 25.6 Å². The van der Waals surface area contributed by atoms with E-state index in [0.717, 1.165) is 23.5 Å². The third-order valence-electron chi connectivity index (χ3n) is 3.49. The van der Waals surface area contributed by atoms with Gasteiger partial charge in [-0.25, -0.2) is 9.97 Å². The number of nitrogens with one attached hydrogen (secondary N) is 1. The molecule has 1 aliphatic rings. The van der Waals surface area contributed by atoms with E-state index in [-0.39, 0.29) is 0 Å². The van der Waals surface area contributed by atoms with Crippen LogP contribution in [-0.2, 0) is 6.54 Å². The van der Waals surface area contributed by atoms with Gasteiger partial charge in [0, 0.05) is 11.6 Å². The Kier molecular flexibility index (Phi) is 2.30. The Hall–Kier alpha value is -2.43. The van der Waals surface area contributed by atoms with Crippen LogP contribution in [0.4, 0.5) is 5.95 Å². The lowest BCUT2D eigenvalue weighted by molar-refractivity contribution is 0.851. The molecular weight excluding hydrogens is 250 g/mol. The van der Waals surface area contributed by atoms with E-state index in [4.69, 9.17) is 0 Å². The first kappa shape index (κ1) is 11.4. The van der Waals surface area contributed by atoms with Gasteiger partial charge < -0.3 is 9.88 Å². The van der Waals surface area contributed by atoms with Crippen LogP contribution in [0.25, 0.3) is 22.6 Å². The van der Waals surface area contributed by atoms with Crippen LogP contribution in [0, 0.1) is 0 Å². The van der Waals surface area contributed by atoms with Crippen LogP contribution in [0.2, 0.25) is 0 Å². The predicted octanol–water partition coefficient (Wildman–Crippen LogP) is 2.68. The van der Waals surface area contributed by atoms with Crippen LogP contribution in [0.1, 0.15) is 19.4 Å². The van der Waals surface area contributed by atoms with Gasteiger partial charge in [0.2, 0.25) is 5.95 Å². The molecule has 0 saturated carbocycles. The first-order chi connectivity index (χ1) is 9.72. The van der Waals surface area contributed by atoms with Crippen LogP contribution < -0.4 is 5.32 Å². The second-order valence-electron chi connectivity index (χ2n) is 5.38. The molecule has 3 heterocycles. The molecule has 4 rings (SSSR count). The van der Waals surface area contributed by atoms with Crippen molar-refractivity contribution in [1.29, 1.82) is 0 Å². The van der Waals surface area contributed by atoms with Gasteiger partial charge in [-0.15, -0.1) is 0 Å². The lowest BCUT2D eigenvalue weighted by Gasteiger charge is -2.07. The van der Waals surface area contributed by atoms with Crippen molar-refractivity contribution in [2.24, 2.45) is 0 Å². The number of rotatable bonds is 2. The van der Waals surface area contributed by atoms with Crippen molar-refractivity contribution in [3.8, 4) is 11.4 Å². The van der Waals surface area contributed by atoms with Crippen molar-refractivity contribution < 1.29 is 0 Å². The summed E-state index contributed by atoms with van der Waals surface area (Å²) in [5, 5.41) is 3.24. The van der Waals surface area contributed by atoms with Crippen LogP contribution in [0.15, 0.2) is 30.5 Å². The van der Waals surface area contributed by atoms with Gasteiger partial charge in [-0.05, 0) is 19.4 Å². The van der Waals surface area contributed by atoms with E-state index in [9.17, 15) is 0 Å². The minimum atomic E-state index is 0.311. The standard InChI is InChI=1S/C15H15N5/c1-9(2)17-15-16-7-12-14(19-15)20-8-10-5-3-4-6-11(10)13(20)18-12/h3-7,9H,8H2,1-2H3,(H,16,17,19). The molecule has 100 valence electrons. The predicted molar refractivity (Wildman–Crippen MR) is 78.6 cm³/mol. The zero-order valence-corrected chi connectivity index (χ0v) is 11.5. The smallest absolute Gasteiger partial charge is 0.224 e. The molecule has 0 atom stereocenters. The number of hydrogen-bond acceptors (Lipinski definition) is 4. The molecule has 0 radical (unpaired) electrons. The Morgan fingerprint density at radius 1 is 1.20 bits per heavy atom. The summed E-state index contributed by atoms with van der Waals surface area (Å²) in [6.45, 7) is 4.98. The van der Waals surface area contributed by atoms with E-state index in [1.165, 1.54) is 11.1 Å². The number of benzene rings is 1. The maximum absolute atomic E-state index is 4.67.